The second-order valence-corrected chi connectivity index (χ2v) is 9.23. The van der Waals surface area contributed by atoms with Gasteiger partial charge in [-0.05, 0) is 40.1 Å². The Morgan fingerprint density at radius 3 is 2.50 bits per heavy atom. The van der Waals surface area contributed by atoms with Crippen molar-refractivity contribution in [3.05, 3.63) is 64.3 Å². The minimum Gasteiger partial charge on any atom is -0.383 e. The molecule has 4 rings (SSSR count). The summed E-state index contributed by atoms with van der Waals surface area (Å²) < 4.78 is 12.1. The maximum atomic E-state index is 6.47. The van der Waals surface area contributed by atoms with E-state index in [4.69, 9.17) is 38.4 Å². The molecule has 1 aliphatic carbocycles. The van der Waals surface area contributed by atoms with E-state index in [1.807, 2.05) is 12.1 Å². The van der Waals surface area contributed by atoms with Crippen LogP contribution in [0.15, 0.2) is 58.7 Å². The molecular weight excluding hydrogens is 501 g/mol. The molecular formula is C25H29Cl2N7O2. The minimum absolute atomic E-state index is 0.310. The molecule has 1 aromatic carbocycles. The number of methoxy groups -OCH3 is 2. The Bertz CT molecular complexity index is 1220. The second-order valence-electron chi connectivity index (χ2n) is 8.41. The van der Waals surface area contributed by atoms with Crippen LogP contribution in [0.3, 0.4) is 0 Å². The van der Waals surface area contributed by atoms with Gasteiger partial charge in [-0.15, -0.1) is 5.10 Å². The van der Waals surface area contributed by atoms with E-state index >= 15 is 0 Å². The highest BCUT2D eigenvalue weighted by Gasteiger charge is 2.25. The molecule has 0 amide bonds. The van der Waals surface area contributed by atoms with Gasteiger partial charge in [-0.1, -0.05) is 53.5 Å². The number of halogens is 2. The number of pyridine rings is 1. The first-order valence-electron chi connectivity index (χ1n) is 11.6. The number of hydrogen-bond acceptors (Lipinski definition) is 8. The summed E-state index contributed by atoms with van der Waals surface area (Å²) in [5.41, 5.74) is 9.98. The van der Waals surface area contributed by atoms with E-state index in [0.29, 0.717) is 46.9 Å². The number of ether oxygens (including phenoxy) is 2. The van der Waals surface area contributed by atoms with Gasteiger partial charge in [0.2, 0.25) is 0 Å². The van der Waals surface area contributed by atoms with Crippen molar-refractivity contribution >= 4 is 29.0 Å². The number of nitrogens with two attached hydrogens (primary N) is 1. The molecule has 0 saturated carbocycles. The molecule has 0 spiro atoms. The number of nitrogens with zero attached hydrogens (tertiary/aromatic N) is 6. The Morgan fingerprint density at radius 1 is 1.08 bits per heavy atom. The molecule has 11 heteroatoms. The number of benzene rings is 1. The van der Waals surface area contributed by atoms with E-state index in [-0.39, 0.29) is 6.04 Å². The highest BCUT2D eigenvalue weighted by molar-refractivity contribution is 6.40. The normalized spacial score (nSPS) is 15.8. The molecule has 190 valence electrons. The fraction of sp³-hybridized carbons (Fsp3) is 0.360. The quantitative estimate of drug-likeness (QED) is 0.392. The third kappa shape index (κ3) is 6.11. The van der Waals surface area contributed by atoms with Crippen LogP contribution in [0.5, 0.6) is 0 Å². The van der Waals surface area contributed by atoms with Gasteiger partial charge in [-0.2, -0.15) is 0 Å². The average molecular weight is 530 g/mol. The van der Waals surface area contributed by atoms with Crippen LogP contribution in [0, 0.1) is 0 Å². The van der Waals surface area contributed by atoms with Crippen LogP contribution >= 0.6 is 23.2 Å². The van der Waals surface area contributed by atoms with Gasteiger partial charge in [0.05, 0.1) is 34.9 Å². The summed E-state index contributed by atoms with van der Waals surface area (Å²) in [7, 11) is 3.42. The number of rotatable bonds is 11. The summed E-state index contributed by atoms with van der Waals surface area (Å²) in [5.74, 6) is 0.809. The summed E-state index contributed by atoms with van der Waals surface area (Å²) in [6.45, 7) is 3.82. The first kappa shape index (κ1) is 26.2. The molecule has 0 unspecified atom stereocenters. The molecule has 0 radical (unpaired) electrons. The summed E-state index contributed by atoms with van der Waals surface area (Å²) in [6.07, 6.45) is 6.08. The molecule has 2 aromatic heterocycles. The first-order chi connectivity index (χ1) is 17.5. The molecule has 9 nitrogen and oxygen atoms in total. The van der Waals surface area contributed by atoms with Gasteiger partial charge in [0, 0.05) is 45.6 Å². The minimum atomic E-state index is -0.310. The van der Waals surface area contributed by atoms with Crippen molar-refractivity contribution < 1.29 is 9.47 Å². The van der Waals surface area contributed by atoms with Crippen LogP contribution in [-0.2, 0) is 16.0 Å². The Labute approximate surface area is 220 Å². The Morgan fingerprint density at radius 2 is 1.81 bits per heavy atom. The lowest BCUT2D eigenvalue weighted by atomic mass is 10.0. The van der Waals surface area contributed by atoms with Gasteiger partial charge in [-0.3, -0.25) is 4.90 Å². The molecule has 36 heavy (non-hydrogen) atoms. The van der Waals surface area contributed by atoms with Crippen LogP contribution in [0.4, 0.5) is 5.82 Å². The smallest absolute Gasteiger partial charge is 0.186 e. The van der Waals surface area contributed by atoms with Crippen molar-refractivity contribution in [1.29, 1.82) is 0 Å². The van der Waals surface area contributed by atoms with E-state index in [0.717, 1.165) is 30.8 Å². The lowest BCUT2D eigenvalue weighted by Gasteiger charge is -2.21. The fourth-order valence-electron chi connectivity index (χ4n) is 4.01. The van der Waals surface area contributed by atoms with Crippen molar-refractivity contribution in [3.63, 3.8) is 0 Å². The van der Waals surface area contributed by atoms with E-state index < -0.39 is 0 Å². The predicted molar refractivity (Wildman–Crippen MR) is 141 cm³/mol. The molecule has 1 atom stereocenters. The lowest BCUT2D eigenvalue weighted by Crippen LogP contribution is -2.30. The molecule has 0 fully saturated rings. The number of anilines is 1. The van der Waals surface area contributed by atoms with Crippen molar-refractivity contribution in [3.8, 4) is 22.5 Å². The summed E-state index contributed by atoms with van der Waals surface area (Å²) in [6, 6.07) is 10.0. The third-order valence-electron chi connectivity index (χ3n) is 6.01. The van der Waals surface area contributed by atoms with Crippen molar-refractivity contribution in [2.75, 3.05) is 46.3 Å². The van der Waals surface area contributed by atoms with E-state index in [1.165, 1.54) is 5.56 Å². The fourth-order valence-corrected chi connectivity index (χ4v) is 4.47. The molecule has 0 aliphatic heterocycles. The topological polar surface area (TPSA) is 104 Å². The van der Waals surface area contributed by atoms with Gasteiger partial charge >= 0.3 is 0 Å². The van der Waals surface area contributed by atoms with Crippen LogP contribution in [0.25, 0.3) is 22.5 Å². The van der Waals surface area contributed by atoms with Crippen LogP contribution < -0.4 is 5.73 Å². The molecule has 2 N–H and O–H groups in total. The van der Waals surface area contributed by atoms with Crippen LogP contribution in [0.2, 0.25) is 0 Å². The van der Waals surface area contributed by atoms with Crippen LogP contribution in [-0.4, -0.2) is 70.6 Å². The van der Waals surface area contributed by atoms with Gasteiger partial charge in [0.1, 0.15) is 5.82 Å². The molecule has 0 saturated heterocycles. The van der Waals surface area contributed by atoms with Crippen molar-refractivity contribution in [1.82, 2.24) is 30.1 Å². The Hall–Kier alpha value is -2.82. The number of nitrogen functional groups attached to an aromatic ring is 1. The molecule has 3 aromatic rings. The maximum Gasteiger partial charge on any atom is 0.186 e. The standard InChI is InChI=1S/C25H29Cl2N7O2/c1-35-12-10-33(11-13-36-2)16-17-6-8-18(9-7-17)19-14-20(24(28)29-15-19)25-30-31-32-34(25)22-5-3-4-21(26)23(22)27/h3-4,6-9,14-15,22H,5,10-13,16H2,1-2H3,(H2,28,29)/t22-/m1/s1. The highest BCUT2D eigenvalue weighted by Crippen LogP contribution is 2.37. The maximum absolute atomic E-state index is 6.47. The predicted octanol–water partition coefficient (Wildman–Crippen LogP) is 4.27. The first-order valence-corrected chi connectivity index (χ1v) is 12.3. The van der Waals surface area contributed by atoms with Gasteiger partial charge in [0.25, 0.3) is 0 Å². The van der Waals surface area contributed by atoms with Crippen LogP contribution in [0.1, 0.15) is 18.0 Å². The average Bonchev–Trinajstić information content (AvgIpc) is 3.37. The van der Waals surface area contributed by atoms with Gasteiger partial charge in [0.15, 0.2) is 5.82 Å². The van der Waals surface area contributed by atoms with E-state index in [9.17, 15) is 0 Å². The summed E-state index contributed by atoms with van der Waals surface area (Å²) in [5, 5.41) is 13.2. The zero-order valence-corrected chi connectivity index (χ0v) is 21.8. The lowest BCUT2D eigenvalue weighted by molar-refractivity contribution is 0.110. The molecule has 2 heterocycles. The van der Waals surface area contributed by atoms with Gasteiger partial charge < -0.3 is 15.2 Å². The summed E-state index contributed by atoms with van der Waals surface area (Å²) in [4.78, 5) is 6.72. The zero-order chi connectivity index (χ0) is 25.5. The van der Waals surface area contributed by atoms with Gasteiger partial charge in [-0.25, -0.2) is 9.67 Å². The van der Waals surface area contributed by atoms with Crippen molar-refractivity contribution in [2.24, 2.45) is 0 Å². The monoisotopic (exact) mass is 529 g/mol. The zero-order valence-electron chi connectivity index (χ0n) is 20.3. The number of aromatic nitrogens is 5. The SMILES string of the molecule is COCCN(CCOC)Cc1ccc(-c2cnc(N)c(-c3nnnn3[C@@H]3CC=CC(Cl)=C3Cl)c2)cc1. The number of allylic oxidation sites excluding steroid dienone is 4. The highest BCUT2D eigenvalue weighted by atomic mass is 35.5. The second kappa shape index (κ2) is 12.4. The third-order valence-corrected chi connectivity index (χ3v) is 6.89. The summed E-state index contributed by atoms with van der Waals surface area (Å²) >= 11 is 12.7. The van der Waals surface area contributed by atoms with E-state index in [1.54, 1.807) is 31.2 Å². The Balaban J connectivity index is 1.57. The molecule has 1 aliphatic rings. The number of tetrazole rings is 1. The largest absolute Gasteiger partial charge is 0.383 e. The molecule has 0 bridgehead atoms. The Kier molecular flexibility index (Phi) is 9.06. The number of hydrogen-bond donors (Lipinski definition) is 1. The van der Waals surface area contributed by atoms with Crippen molar-refractivity contribution in [2.45, 2.75) is 19.0 Å². The van der Waals surface area contributed by atoms with E-state index in [2.05, 4.69) is 49.7 Å².